The highest BCUT2D eigenvalue weighted by Crippen LogP contribution is 2.19. The van der Waals surface area contributed by atoms with Gasteiger partial charge in [-0.2, -0.15) is 9.97 Å². The molecule has 15 heteroatoms. The van der Waals surface area contributed by atoms with Crippen LogP contribution in [0.25, 0.3) is 11.2 Å². The summed E-state index contributed by atoms with van der Waals surface area (Å²) in [5.41, 5.74) is 15.9. The van der Waals surface area contributed by atoms with Gasteiger partial charge in [-0.05, 0) is 37.7 Å². The minimum absolute atomic E-state index is 0.0138. The average Bonchev–Trinajstić information content (AvgIpc) is 2.82. The molecule has 0 fully saturated rings. The van der Waals surface area contributed by atoms with E-state index in [1.807, 2.05) is 11.9 Å². The van der Waals surface area contributed by atoms with Gasteiger partial charge >= 0.3 is 11.9 Å². The topological polar surface area (TPSA) is 249 Å². The van der Waals surface area contributed by atoms with Crippen LogP contribution >= 0.6 is 0 Å². The molecule has 2 heterocycles. The molecule has 0 saturated carbocycles. The molecule has 36 heavy (non-hydrogen) atoms. The lowest BCUT2D eigenvalue weighted by molar-refractivity contribution is -0.140. The summed E-state index contributed by atoms with van der Waals surface area (Å²) in [6, 6.07) is 5.16. The molecule has 1 atom stereocenters. The van der Waals surface area contributed by atoms with Crippen LogP contribution in [0.3, 0.4) is 0 Å². The molecule has 0 aliphatic heterocycles. The van der Waals surface area contributed by atoms with Crippen molar-refractivity contribution in [2.45, 2.75) is 25.4 Å². The van der Waals surface area contributed by atoms with E-state index in [2.05, 4.69) is 36.5 Å². The van der Waals surface area contributed by atoms with Gasteiger partial charge < -0.3 is 31.9 Å². The number of hydrogen-bond donors (Lipinski definition) is 7. The van der Waals surface area contributed by atoms with Gasteiger partial charge in [0.15, 0.2) is 17.0 Å². The van der Waals surface area contributed by atoms with Crippen LogP contribution in [0.5, 0.6) is 0 Å². The molecule has 10 N–H and O–H groups in total. The number of aliphatic carboxylic acids is 2. The number of benzene rings is 1. The Hall–Kier alpha value is -4.63. The largest absolute Gasteiger partial charge is 0.481 e. The van der Waals surface area contributed by atoms with Crippen molar-refractivity contribution in [3.05, 3.63) is 41.7 Å². The summed E-state index contributed by atoms with van der Waals surface area (Å²) in [7, 11) is 3.47. The molecule has 0 aliphatic carbocycles. The van der Waals surface area contributed by atoms with Crippen LogP contribution in [0.15, 0.2) is 30.5 Å². The fourth-order valence-electron chi connectivity index (χ4n) is 3.03. The minimum atomic E-state index is -1.30. The Morgan fingerprint density at radius 2 is 1.72 bits per heavy atom. The maximum Gasteiger partial charge on any atom is 0.326 e. The highest BCUT2D eigenvalue weighted by Gasteiger charge is 2.21. The van der Waals surface area contributed by atoms with Crippen molar-refractivity contribution in [1.29, 1.82) is 0 Å². The molecule has 3 rings (SSSR count). The van der Waals surface area contributed by atoms with Crippen LogP contribution in [0.1, 0.15) is 28.9 Å². The average molecular weight is 501 g/mol. The molecule has 1 unspecified atom stereocenters. The summed E-state index contributed by atoms with van der Waals surface area (Å²) in [4.78, 5) is 52.7. The van der Waals surface area contributed by atoms with E-state index < -0.39 is 23.9 Å². The summed E-state index contributed by atoms with van der Waals surface area (Å²) >= 11 is 0. The lowest BCUT2D eigenvalue weighted by atomic mass is 10.1. The van der Waals surface area contributed by atoms with Crippen LogP contribution in [-0.2, 0) is 16.1 Å². The van der Waals surface area contributed by atoms with Crippen molar-refractivity contribution in [2.24, 2.45) is 5.84 Å². The van der Waals surface area contributed by atoms with Gasteiger partial charge in [0.25, 0.3) is 5.91 Å². The van der Waals surface area contributed by atoms with Crippen molar-refractivity contribution >= 4 is 46.5 Å². The molecular weight excluding hydrogens is 472 g/mol. The van der Waals surface area contributed by atoms with Gasteiger partial charge in [0.05, 0.1) is 18.4 Å². The third kappa shape index (κ3) is 7.71. The van der Waals surface area contributed by atoms with Gasteiger partial charge in [0.1, 0.15) is 6.04 Å². The van der Waals surface area contributed by atoms with Crippen LogP contribution in [0, 0.1) is 0 Å². The van der Waals surface area contributed by atoms with E-state index in [1.54, 1.807) is 25.4 Å². The Labute approximate surface area is 205 Å². The Morgan fingerprint density at radius 3 is 2.31 bits per heavy atom. The number of hydrogen-bond acceptors (Lipinski definition) is 12. The fraction of sp³-hybridized carbons (Fsp3) is 0.286. The second-order valence-corrected chi connectivity index (χ2v) is 7.49. The molecule has 2 aromatic heterocycles. The minimum Gasteiger partial charge on any atom is -0.481 e. The third-order valence-electron chi connectivity index (χ3n) is 4.72. The van der Waals surface area contributed by atoms with Crippen molar-refractivity contribution in [3.8, 4) is 0 Å². The molecule has 0 spiro atoms. The van der Waals surface area contributed by atoms with Gasteiger partial charge in [-0.25, -0.2) is 14.8 Å². The number of amides is 1. The number of anilines is 3. The fourth-order valence-corrected chi connectivity index (χ4v) is 3.03. The van der Waals surface area contributed by atoms with E-state index in [9.17, 15) is 19.5 Å². The number of nitrogen functional groups attached to an aromatic ring is 2. The number of aromatic nitrogens is 4. The first kappa shape index (κ1) is 27.6. The van der Waals surface area contributed by atoms with Crippen LogP contribution in [-0.4, -0.2) is 68.1 Å². The smallest absolute Gasteiger partial charge is 0.326 e. The zero-order chi connectivity index (χ0) is 26.8. The van der Waals surface area contributed by atoms with Gasteiger partial charge in [-0.3, -0.25) is 20.9 Å². The first-order valence-corrected chi connectivity index (χ1v) is 10.5. The van der Waals surface area contributed by atoms with Gasteiger partial charge in [0, 0.05) is 24.7 Å². The summed E-state index contributed by atoms with van der Waals surface area (Å²) < 4.78 is 0. The predicted octanol–water partition coefficient (Wildman–Crippen LogP) is -0.652. The van der Waals surface area contributed by atoms with Crippen molar-refractivity contribution in [3.63, 3.8) is 0 Å². The van der Waals surface area contributed by atoms with E-state index >= 15 is 0 Å². The van der Waals surface area contributed by atoms with Crippen LogP contribution in [0.4, 0.5) is 17.5 Å². The van der Waals surface area contributed by atoms with E-state index in [0.29, 0.717) is 23.4 Å². The number of carboxylic acid groups (broad SMARTS) is 2. The summed E-state index contributed by atoms with van der Waals surface area (Å²) in [5.74, 6) is 1.69. The zero-order valence-electron chi connectivity index (χ0n) is 19.7. The maximum atomic E-state index is 12.4. The number of carbonyl (C=O) groups is 3. The quantitative estimate of drug-likeness (QED) is 0.142. The lowest BCUT2D eigenvalue weighted by Crippen LogP contribution is -2.41. The molecule has 192 valence electrons. The van der Waals surface area contributed by atoms with E-state index in [1.165, 1.54) is 12.1 Å². The molecule has 0 aliphatic rings. The number of carboxylic acids is 2. The molecule has 3 aromatic rings. The summed E-state index contributed by atoms with van der Waals surface area (Å²) in [6.07, 6.45) is 0.964. The first-order valence-electron chi connectivity index (χ1n) is 10.5. The molecular formula is C21H28N10O5. The Bertz CT molecular complexity index is 1220. The number of nitrogens with zero attached hydrogens (tertiary/aromatic N) is 5. The van der Waals surface area contributed by atoms with Crippen molar-refractivity contribution in [2.75, 3.05) is 30.5 Å². The number of hydrazine groups is 1. The van der Waals surface area contributed by atoms with E-state index in [0.717, 1.165) is 5.69 Å². The Kier molecular flexibility index (Phi) is 9.76. The Morgan fingerprint density at radius 1 is 1.08 bits per heavy atom. The molecule has 0 radical (unpaired) electrons. The van der Waals surface area contributed by atoms with Crippen molar-refractivity contribution < 1.29 is 24.6 Å². The highest BCUT2D eigenvalue weighted by molar-refractivity contribution is 5.97. The van der Waals surface area contributed by atoms with Gasteiger partial charge in [-0.1, -0.05) is 0 Å². The number of rotatable bonds is 9. The maximum absolute atomic E-state index is 12.4. The van der Waals surface area contributed by atoms with Crippen molar-refractivity contribution in [1.82, 2.24) is 30.7 Å². The predicted molar refractivity (Wildman–Crippen MR) is 132 cm³/mol. The standard InChI is InChI=1S/C20H22N8O5.CH6N2/c1-28(9-11-8-23-17-15(24-11)16(21)26-20(22)27-17)12-4-2-10(3-5-12)18(31)25-13(19(32)33)6-7-14(29)30;1-3-2/h2-5,8,13H,6-7,9H2,1H3,(H,25,31)(H,29,30)(H,32,33)(H4,21,22,23,26,27);3H,2H2,1H3. The highest BCUT2D eigenvalue weighted by atomic mass is 16.4. The number of nitrogens with two attached hydrogens (primary N) is 3. The molecule has 1 aromatic carbocycles. The number of nitrogens with one attached hydrogen (secondary N) is 2. The SMILES string of the molecule is CN(Cc1cnc2nc(N)nc(N)c2n1)c1ccc(C(=O)NC(CCC(=O)O)C(=O)O)cc1.CNN. The number of carbonyl (C=O) groups excluding carboxylic acids is 1. The zero-order valence-corrected chi connectivity index (χ0v) is 19.7. The van der Waals surface area contributed by atoms with Crippen LogP contribution < -0.4 is 33.0 Å². The molecule has 0 bridgehead atoms. The summed E-state index contributed by atoms with van der Waals surface area (Å²) in [6.45, 7) is 0.370. The lowest BCUT2D eigenvalue weighted by Gasteiger charge is -2.19. The normalized spacial score (nSPS) is 11.2. The first-order chi connectivity index (χ1) is 17.0. The second kappa shape index (κ2) is 12.7. The summed E-state index contributed by atoms with van der Waals surface area (Å²) in [5, 5.41) is 20.2. The molecule has 1 amide bonds. The van der Waals surface area contributed by atoms with Gasteiger partial charge in [-0.15, -0.1) is 0 Å². The van der Waals surface area contributed by atoms with Crippen LogP contribution in [0.2, 0.25) is 0 Å². The third-order valence-corrected chi connectivity index (χ3v) is 4.72. The second-order valence-electron chi connectivity index (χ2n) is 7.49. The van der Waals surface area contributed by atoms with Gasteiger partial charge in [0.2, 0.25) is 5.95 Å². The monoisotopic (exact) mass is 500 g/mol. The Balaban J connectivity index is 0.00000145. The van der Waals surface area contributed by atoms with E-state index in [4.69, 9.17) is 16.6 Å². The molecule has 15 nitrogen and oxygen atoms in total. The number of fused-ring (bicyclic) bond motifs is 1. The molecule has 0 saturated heterocycles. The van der Waals surface area contributed by atoms with E-state index in [-0.39, 0.29) is 30.2 Å².